The Hall–Kier alpha value is 0.170. The fourth-order valence-electron chi connectivity index (χ4n) is 0.927. The first-order chi connectivity index (χ1) is 6.14. The molecule has 0 aromatic carbocycles. The summed E-state index contributed by atoms with van der Waals surface area (Å²) in [5.74, 6) is 1.21. The molecule has 0 aromatic rings. The maximum atomic E-state index is 4.43. The molecule has 0 radical (unpaired) electrons. The first kappa shape index (κ1) is 11.2. The van der Waals surface area contributed by atoms with Gasteiger partial charge in [0.05, 0.1) is 0 Å². The second kappa shape index (κ2) is 5.15. The van der Waals surface area contributed by atoms with Gasteiger partial charge in [0.15, 0.2) is 5.17 Å². The normalized spacial score (nSPS) is 18.2. The largest absolute Gasteiger partial charge is 0.364 e. The van der Waals surface area contributed by atoms with Crippen molar-refractivity contribution in [3.63, 3.8) is 0 Å². The zero-order valence-corrected chi connectivity index (χ0v) is 10.2. The Bertz CT molecular complexity index is 190. The van der Waals surface area contributed by atoms with Crippen LogP contribution in [0.1, 0.15) is 20.3 Å². The van der Waals surface area contributed by atoms with Crippen molar-refractivity contribution >= 4 is 28.7 Å². The van der Waals surface area contributed by atoms with Gasteiger partial charge in [0.2, 0.25) is 0 Å². The third kappa shape index (κ3) is 4.27. The summed E-state index contributed by atoms with van der Waals surface area (Å²) in [5, 5.41) is 4.54. The van der Waals surface area contributed by atoms with Crippen LogP contribution in [-0.2, 0) is 0 Å². The lowest BCUT2D eigenvalue weighted by Gasteiger charge is -2.24. The molecule has 0 bridgehead atoms. The third-order valence-electron chi connectivity index (χ3n) is 2.01. The van der Waals surface area contributed by atoms with E-state index in [0.717, 1.165) is 18.3 Å². The zero-order chi connectivity index (χ0) is 9.73. The minimum atomic E-state index is 0.306. The van der Waals surface area contributed by atoms with E-state index >= 15 is 0 Å². The molecule has 1 rings (SSSR count). The lowest BCUT2D eigenvalue weighted by molar-refractivity contribution is 0.680. The summed E-state index contributed by atoms with van der Waals surface area (Å²) < 4.78 is 0.306. The molecule has 0 saturated carbocycles. The van der Waals surface area contributed by atoms with Gasteiger partial charge in [0.25, 0.3) is 0 Å². The molecule has 76 valence electrons. The van der Waals surface area contributed by atoms with Gasteiger partial charge in [0.1, 0.15) is 0 Å². The van der Waals surface area contributed by atoms with E-state index < -0.39 is 0 Å². The zero-order valence-electron chi connectivity index (χ0n) is 8.59. The second-order valence-electron chi connectivity index (χ2n) is 3.71. The number of aliphatic imine (C=N–C) groups is 1. The summed E-state index contributed by atoms with van der Waals surface area (Å²) >= 11 is 3.73. The summed E-state index contributed by atoms with van der Waals surface area (Å²) in [6, 6.07) is 0. The predicted octanol–water partition coefficient (Wildman–Crippen LogP) is 2.21. The molecular weight excluding hydrogens is 200 g/mol. The second-order valence-corrected chi connectivity index (χ2v) is 6.30. The molecule has 1 heterocycles. The van der Waals surface area contributed by atoms with Gasteiger partial charge in [-0.15, -0.1) is 0 Å². The van der Waals surface area contributed by atoms with E-state index in [2.05, 4.69) is 30.4 Å². The smallest absolute Gasteiger partial charge is 0.156 e. The maximum Gasteiger partial charge on any atom is 0.156 e. The van der Waals surface area contributed by atoms with E-state index in [-0.39, 0.29) is 0 Å². The fraction of sp³-hybridized carbons (Fsp3) is 0.889. The van der Waals surface area contributed by atoms with E-state index in [4.69, 9.17) is 0 Å². The quantitative estimate of drug-likeness (QED) is 0.786. The van der Waals surface area contributed by atoms with Crippen LogP contribution in [0.3, 0.4) is 0 Å². The van der Waals surface area contributed by atoms with E-state index in [0.29, 0.717) is 4.75 Å². The van der Waals surface area contributed by atoms with Gasteiger partial charge in [-0.25, -0.2) is 0 Å². The van der Waals surface area contributed by atoms with Gasteiger partial charge < -0.3 is 5.32 Å². The molecule has 1 N–H and O–H groups in total. The molecular formula is C9H18N2S2. The third-order valence-corrected chi connectivity index (χ3v) is 4.30. The van der Waals surface area contributed by atoms with E-state index in [9.17, 15) is 0 Å². The summed E-state index contributed by atoms with van der Waals surface area (Å²) in [6.45, 7) is 6.49. The Kier molecular flexibility index (Phi) is 4.46. The fourth-order valence-corrected chi connectivity index (χ4v) is 1.97. The molecule has 0 aromatic heterocycles. The lowest BCUT2D eigenvalue weighted by atomic mass is 10.2. The molecule has 0 saturated heterocycles. The molecule has 0 unspecified atom stereocenters. The molecule has 0 spiro atoms. The summed E-state index contributed by atoms with van der Waals surface area (Å²) in [4.78, 5) is 4.43. The average molecular weight is 218 g/mol. The highest BCUT2D eigenvalue weighted by Gasteiger charge is 2.16. The van der Waals surface area contributed by atoms with Crippen molar-refractivity contribution in [2.24, 2.45) is 4.99 Å². The molecule has 0 fully saturated rings. The van der Waals surface area contributed by atoms with Gasteiger partial charge in [0, 0.05) is 23.6 Å². The Balaban J connectivity index is 2.29. The maximum absolute atomic E-state index is 4.43. The number of nitrogens with zero attached hydrogens (tertiary/aromatic N) is 1. The monoisotopic (exact) mass is 218 g/mol. The first-order valence-electron chi connectivity index (χ1n) is 4.60. The van der Waals surface area contributed by atoms with E-state index in [1.54, 1.807) is 0 Å². The van der Waals surface area contributed by atoms with Crippen LogP contribution in [0.2, 0.25) is 0 Å². The molecule has 0 aliphatic carbocycles. The minimum absolute atomic E-state index is 0.306. The highest BCUT2D eigenvalue weighted by Crippen LogP contribution is 2.20. The van der Waals surface area contributed by atoms with Crippen molar-refractivity contribution in [1.29, 1.82) is 0 Å². The van der Waals surface area contributed by atoms with Crippen LogP contribution < -0.4 is 5.32 Å². The van der Waals surface area contributed by atoms with Crippen LogP contribution in [-0.4, -0.2) is 35.0 Å². The topological polar surface area (TPSA) is 24.4 Å². The van der Waals surface area contributed by atoms with Gasteiger partial charge in [-0.05, 0) is 26.5 Å². The number of rotatable bonds is 3. The highest BCUT2D eigenvalue weighted by molar-refractivity contribution is 8.13. The molecule has 4 heteroatoms. The van der Waals surface area contributed by atoms with Crippen molar-refractivity contribution in [2.75, 3.05) is 25.1 Å². The average Bonchev–Trinajstić information content (AvgIpc) is 2.17. The van der Waals surface area contributed by atoms with Crippen molar-refractivity contribution < 1.29 is 0 Å². The SMILES string of the molecule is CSC(C)(C)CNC1=NCCCS1. The van der Waals surface area contributed by atoms with Gasteiger partial charge in [-0.1, -0.05) is 11.8 Å². The number of amidine groups is 1. The van der Waals surface area contributed by atoms with Gasteiger partial charge >= 0.3 is 0 Å². The summed E-state index contributed by atoms with van der Waals surface area (Å²) in [7, 11) is 0. The van der Waals surface area contributed by atoms with Crippen LogP contribution in [0.4, 0.5) is 0 Å². The Morgan fingerprint density at radius 3 is 2.92 bits per heavy atom. The molecule has 1 aliphatic rings. The molecule has 0 amide bonds. The van der Waals surface area contributed by atoms with Crippen molar-refractivity contribution in [2.45, 2.75) is 25.0 Å². The molecule has 1 aliphatic heterocycles. The standard InChI is InChI=1S/C9H18N2S2/c1-9(2,12-3)7-11-8-10-5-4-6-13-8/h4-7H2,1-3H3,(H,10,11). The van der Waals surface area contributed by atoms with E-state index in [1.165, 1.54) is 12.2 Å². The van der Waals surface area contributed by atoms with Crippen LogP contribution >= 0.6 is 23.5 Å². The van der Waals surface area contributed by atoms with Crippen LogP contribution in [0, 0.1) is 0 Å². The Morgan fingerprint density at radius 2 is 2.38 bits per heavy atom. The van der Waals surface area contributed by atoms with Crippen LogP contribution in [0.5, 0.6) is 0 Å². The van der Waals surface area contributed by atoms with Gasteiger partial charge in [-0.3, -0.25) is 4.99 Å². The van der Waals surface area contributed by atoms with Crippen molar-refractivity contribution in [3.8, 4) is 0 Å². The van der Waals surface area contributed by atoms with Crippen LogP contribution in [0.25, 0.3) is 0 Å². The first-order valence-corrected chi connectivity index (χ1v) is 6.81. The lowest BCUT2D eigenvalue weighted by Crippen LogP contribution is -2.35. The van der Waals surface area contributed by atoms with Crippen LogP contribution in [0.15, 0.2) is 4.99 Å². The molecule has 0 atom stereocenters. The highest BCUT2D eigenvalue weighted by atomic mass is 32.2. The molecule has 13 heavy (non-hydrogen) atoms. The van der Waals surface area contributed by atoms with Crippen molar-refractivity contribution in [3.05, 3.63) is 0 Å². The summed E-state index contributed by atoms with van der Waals surface area (Å²) in [5.41, 5.74) is 0. The summed E-state index contributed by atoms with van der Waals surface area (Å²) in [6.07, 6.45) is 3.37. The van der Waals surface area contributed by atoms with E-state index in [1.807, 2.05) is 23.5 Å². The number of hydrogen-bond donors (Lipinski definition) is 1. The Morgan fingerprint density at radius 1 is 1.62 bits per heavy atom. The number of thioether (sulfide) groups is 2. The van der Waals surface area contributed by atoms with Gasteiger partial charge in [-0.2, -0.15) is 11.8 Å². The Labute approximate surface area is 89.3 Å². The predicted molar refractivity (Wildman–Crippen MR) is 65.0 cm³/mol. The molecule has 2 nitrogen and oxygen atoms in total. The number of nitrogens with one attached hydrogen (secondary N) is 1. The van der Waals surface area contributed by atoms with Crippen molar-refractivity contribution in [1.82, 2.24) is 5.32 Å². The number of hydrogen-bond acceptors (Lipinski definition) is 4. The minimum Gasteiger partial charge on any atom is -0.364 e.